The molecule has 0 bridgehead atoms. The highest BCUT2D eigenvalue weighted by Crippen LogP contribution is 2.45. The van der Waals surface area contributed by atoms with E-state index in [2.05, 4.69) is 41.5 Å². The smallest absolute Gasteiger partial charge is 0.462 e. The fraction of sp³-hybridized carbons (Fsp3) is 0.941. The third-order valence-electron chi connectivity index (χ3n) is 16.1. The molecule has 0 radical (unpaired) electrons. The van der Waals surface area contributed by atoms with Crippen molar-refractivity contribution in [2.75, 3.05) is 39.6 Å². The Morgan fingerprint density at radius 2 is 0.586 bits per heavy atom. The molecule has 0 heterocycles. The van der Waals surface area contributed by atoms with Crippen molar-refractivity contribution < 1.29 is 80.2 Å². The first-order valence-corrected chi connectivity index (χ1v) is 38.5. The molecule has 0 saturated heterocycles. The van der Waals surface area contributed by atoms with Crippen molar-refractivity contribution in [1.29, 1.82) is 0 Å². The first-order chi connectivity index (χ1) is 41.9. The van der Waals surface area contributed by atoms with E-state index in [0.29, 0.717) is 25.7 Å². The van der Waals surface area contributed by atoms with Crippen molar-refractivity contribution >= 4 is 39.5 Å². The fourth-order valence-corrected chi connectivity index (χ4v) is 11.8. The van der Waals surface area contributed by atoms with Crippen LogP contribution >= 0.6 is 15.6 Å². The summed E-state index contributed by atoms with van der Waals surface area (Å²) in [5.74, 6) is -0.608. The summed E-state index contributed by atoms with van der Waals surface area (Å²) in [6.07, 6.45) is 44.4. The second-order valence-electron chi connectivity index (χ2n) is 25.3. The summed E-state index contributed by atoms with van der Waals surface area (Å²) in [5, 5.41) is 10.6. The van der Waals surface area contributed by atoms with Gasteiger partial charge in [-0.25, -0.2) is 9.13 Å². The normalized spacial score (nSPS) is 14.5. The molecule has 0 rings (SSSR count). The van der Waals surface area contributed by atoms with Crippen molar-refractivity contribution in [1.82, 2.24) is 0 Å². The molecule has 6 atom stereocenters. The molecule has 0 spiro atoms. The Bertz CT molecular complexity index is 1700. The molecule has 0 fully saturated rings. The maximum Gasteiger partial charge on any atom is 0.472 e. The van der Waals surface area contributed by atoms with Gasteiger partial charge in [-0.1, -0.05) is 292 Å². The third-order valence-corrected chi connectivity index (χ3v) is 18.0. The van der Waals surface area contributed by atoms with Crippen LogP contribution in [0.5, 0.6) is 0 Å². The van der Waals surface area contributed by atoms with E-state index in [1.54, 1.807) is 0 Å². The standard InChI is InChI=1S/C68H132O17P2/c1-7-10-12-14-16-18-19-20-21-22-26-33-39-45-51-66(71)79-57-64(84-67(72)52-46-40-34-27-24-23-25-31-37-43-49-61(6)9-3)59-83-87(76,77)81-55-62(69)54-80-86(74,75)82-58-63(56-78-65(70)50-44-38-32-17-15-13-11-8-2)85-68(73)53-47-41-35-29-28-30-36-42-48-60(4)5/h60-64,69H,7-59H2,1-6H3,(H,74,75)(H,76,77)/t61?,62-,63+,64+/m0/s1. The maximum absolute atomic E-state index is 13.0. The average Bonchev–Trinajstić information content (AvgIpc) is 3.60. The molecule has 3 N–H and O–H groups in total. The lowest BCUT2D eigenvalue weighted by Gasteiger charge is -2.21. The topological polar surface area (TPSA) is 237 Å². The predicted octanol–water partition coefficient (Wildman–Crippen LogP) is 19.2. The fourth-order valence-electron chi connectivity index (χ4n) is 10.2. The van der Waals surface area contributed by atoms with Crippen LogP contribution in [0.3, 0.4) is 0 Å². The van der Waals surface area contributed by atoms with Crippen molar-refractivity contribution in [3.05, 3.63) is 0 Å². The molecule has 19 heteroatoms. The number of hydrogen-bond donors (Lipinski definition) is 3. The molecule has 516 valence electrons. The zero-order valence-electron chi connectivity index (χ0n) is 56.3. The molecule has 87 heavy (non-hydrogen) atoms. The van der Waals surface area contributed by atoms with Crippen molar-refractivity contribution in [2.24, 2.45) is 11.8 Å². The minimum atomic E-state index is -4.95. The number of carbonyl (C=O) groups is 4. The van der Waals surface area contributed by atoms with Gasteiger partial charge < -0.3 is 33.8 Å². The lowest BCUT2D eigenvalue weighted by molar-refractivity contribution is -0.161. The van der Waals surface area contributed by atoms with E-state index >= 15 is 0 Å². The van der Waals surface area contributed by atoms with Crippen LogP contribution in [0.1, 0.15) is 343 Å². The summed E-state index contributed by atoms with van der Waals surface area (Å²) in [4.78, 5) is 72.4. The van der Waals surface area contributed by atoms with Gasteiger partial charge in [0, 0.05) is 25.7 Å². The number of carbonyl (C=O) groups excluding carboxylic acids is 4. The Morgan fingerprint density at radius 3 is 0.874 bits per heavy atom. The van der Waals surface area contributed by atoms with E-state index in [1.165, 1.54) is 154 Å². The van der Waals surface area contributed by atoms with Gasteiger partial charge in [0.2, 0.25) is 0 Å². The lowest BCUT2D eigenvalue weighted by atomic mass is 9.99. The summed E-state index contributed by atoms with van der Waals surface area (Å²) < 4.78 is 68.1. The Morgan fingerprint density at radius 1 is 0.333 bits per heavy atom. The first kappa shape index (κ1) is 85.1. The predicted molar refractivity (Wildman–Crippen MR) is 349 cm³/mol. The highest BCUT2D eigenvalue weighted by Gasteiger charge is 2.30. The number of aliphatic hydroxyl groups is 1. The van der Waals surface area contributed by atoms with Gasteiger partial charge in [-0.2, -0.15) is 0 Å². The van der Waals surface area contributed by atoms with E-state index in [0.717, 1.165) is 108 Å². The van der Waals surface area contributed by atoms with Gasteiger partial charge >= 0.3 is 39.5 Å². The summed E-state index contributed by atoms with van der Waals surface area (Å²) in [7, 11) is -9.89. The molecule has 0 amide bonds. The number of unbranched alkanes of at least 4 members (excludes halogenated alkanes) is 36. The minimum absolute atomic E-state index is 0.104. The molecule has 17 nitrogen and oxygen atoms in total. The summed E-state index contributed by atoms with van der Waals surface area (Å²) in [6, 6.07) is 0. The molecule has 0 aliphatic rings. The van der Waals surface area contributed by atoms with Crippen LogP contribution in [0.2, 0.25) is 0 Å². The summed E-state index contributed by atoms with van der Waals surface area (Å²) in [6.45, 7) is 9.49. The van der Waals surface area contributed by atoms with Crippen LogP contribution in [0, 0.1) is 11.8 Å². The number of hydrogen-bond acceptors (Lipinski definition) is 15. The summed E-state index contributed by atoms with van der Waals surface area (Å²) in [5.41, 5.74) is 0. The molecule has 0 aromatic heterocycles. The Kier molecular flexibility index (Phi) is 59.0. The zero-order chi connectivity index (χ0) is 64.3. The SMILES string of the molecule is CCCCCCCCCCCCCCCCC(=O)OC[C@H](COP(=O)(O)OC[C@@H](O)COP(=O)(O)OC[C@@H](COC(=O)CCCCCCCCCC)OC(=O)CCCCCCCCCCC(C)C)OC(=O)CCCCCCCCCCCCC(C)CC. The molecular weight excluding hydrogens is 1150 g/mol. The monoisotopic (exact) mass is 1280 g/mol. The van der Waals surface area contributed by atoms with Gasteiger partial charge in [0.25, 0.3) is 0 Å². The second-order valence-corrected chi connectivity index (χ2v) is 28.2. The molecule has 3 unspecified atom stereocenters. The van der Waals surface area contributed by atoms with Crippen molar-refractivity contribution in [3.63, 3.8) is 0 Å². The van der Waals surface area contributed by atoms with Crippen LogP contribution in [0.4, 0.5) is 0 Å². The number of ether oxygens (including phenoxy) is 4. The number of esters is 4. The Balaban J connectivity index is 5.23. The minimum Gasteiger partial charge on any atom is -0.462 e. The van der Waals surface area contributed by atoms with Gasteiger partial charge in [0.1, 0.15) is 19.3 Å². The highest BCUT2D eigenvalue weighted by molar-refractivity contribution is 7.47. The van der Waals surface area contributed by atoms with Crippen molar-refractivity contribution in [3.8, 4) is 0 Å². The van der Waals surface area contributed by atoms with Crippen molar-refractivity contribution in [2.45, 2.75) is 362 Å². The number of aliphatic hydroxyl groups excluding tert-OH is 1. The lowest BCUT2D eigenvalue weighted by Crippen LogP contribution is -2.30. The van der Waals surface area contributed by atoms with Crippen LogP contribution in [-0.4, -0.2) is 96.7 Å². The zero-order valence-corrected chi connectivity index (χ0v) is 58.1. The number of rotatable bonds is 67. The number of phosphoric acid groups is 2. The molecule has 0 aromatic rings. The van der Waals surface area contributed by atoms with Gasteiger partial charge in [-0.3, -0.25) is 37.3 Å². The van der Waals surface area contributed by atoms with E-state index < -0.39 is 97.5 Å². The number of phosphoric ester groups is 2. The van der Waals surface area contributed by atoms with Gasteiger partial charge in [0.05, 0.1) is 26.4 Å². The van der Waals surface area contributed by atoms with Crippen LogP contribution < -0.4 is 0 Å². The largest absolute Gasteiger partial charge is 0.472 e. The Labute approximate surface area is 530 Å². The molecule has 0 aliphatic carbocycles. The first-order valence-electron chi connectivity index (χ1n) is 35.5. The highest BCUT2D eigenvalue weighted by atomic mass is 31.2. The van der Waals surface area contributed by atoms with Crippen LogP contribution in [0.25, 0.3) is 0 Å². The molecule has 0 saturated carbocycles. The molecule has 0 aliphatic heterocycles. The van der Waals surface area contributed by atoms with Crippen LogP contribution in [-0.2, 0) is 65.4 Å². The maximum atomic E-state index is 13.0. The summed E-state index contributed by atoms with van der Waals surface area (Å²) >= 11 is 0. The quantitative estimate of drug-likeness (QED) is 0.0222. The van der Waals surface area contributed by atoms with Gasteiger partial charge in [-0.05, 0) is 37.5 Å². The molecular formula is C68H132O17P2. The van der Waals surface area contributed by atoms with Gasteiger partial charge in [0.15, 0.2) is 12.2 Å². The average molecular weight is 1280 g/mol. The van der Waals surface area contributed by atoms with E-state index in [9.17, 15) is 43.2 Å². The second kappa shape index (κ2) is 60.3. The third kappa shape index (κ3) is 61.3. The van der Waals surface area contributed by atoms with E-state index in [-0.39, 0.29) is 25.7 Å². The molecule has 0 aromatic carbocycles. The van der Waals surface area contributed by atoms with Gasteiger partial charge in [-0.15, -0.1) is 0 Å². The van der Waals surface area contributed by atoms with Crippen LogP contribution in [0.15, 0.2) is 0 Å². The van der Waals surface area contributed by atoms with E-state index in [4.69, 9.17) is 37.0 Å². The Hall–Kier alpha value is -1.94. The van der Waals surface area contributed by atoms with E-state index in [1.807, 2.05) is 0 Å².